The maximum absolute atomic E-state index is 5.49. The van der Waals surface area contributed by atoms with Crippen molar-refractivity contribution in [3.63, 3.8) is 0 Å². The molecule has 2 aliphatic heterocycles. The second kappa shape index (κ2) is 5.26. The van der Waals surface area contributed by atoms with E-state index in [2.05, 4.69) is 34.3 Å². The average molecular weight is 334 g/mol. The van der Waals surface area contributed by atoms with Crippen LogP contribution in [0.4, 0.5) is 0 Å². The zero-order valence-electron chi connectivity index (χ0n) is 11.8. The first kappa shape index (κ1) is 13.5. The van der Waals surface area contributed by atoms with E-state index in [-0.39, 0.29) is 0 Å². The van der Waals surface area contributed by atoms with E-state index in [1.807, 2.05) is 29.2 Å². The van der Waals surface area contributed by atoms with E-state index < -0.39 is 0 Å². The van der Waals surface area contributed by atoms with E-state index in [1.165, 1.54) is 24.9 Å². The van der Waals surface area contributed by atoms with Gasteiger partial charge in [0.15, 0.2) is 5.17 Å². The van der Waals surface area contributed by atoms with Crippen molar-refractivity contribution in [2.45, 2.75) is 0 Å². The quantitative estimate of drug-likeness (QED) is 0.835. The van der Waals surface area contributed by atoms with Crippen LogP contribution in [0.25, 0.3) is 15.8 Å². The predicted molar refractivity (Wildman–Crippen MR) is 95.4 cm³/mol. The van der Waals surface area contributed by atoms with Gasteiger partial charge in [0.25, 0.3) is 0 Å². The van der Waals surface area contributed by atoms with Crippen LogP contribution in [0, 0.1) is 0 Å². The lowest BCUT2D eigenvalue weighted by Gasteiger charge is -2.15. The van der Waals surface area contributed by atoms with Gasteiger partial charge in [-0.15, -0.1) is 23.1 Å². The summed E-state index contributed by atoms with van der Waals surface area (Å²) in [6.07, 6.45) is 2.14. The highest BCUT2D eigenvalue weighted by Gasteiger charge is 2.33. The molecule has 1 aromatic carbocycles. The molecule has 0 unspecified atom stereocenters. The molecular weight excluding hydrogens is 320 g/mol. The molecule has 2 aromatic rings. The van der Waals surface area contributed by atoms with E-state index >= 15 is 0 Å². The summed E-state index contributed by atoms with van der Waals surface area (Å²) >= 11 is 5.44. The Hall–Kier alpha value is -1.11. The van der Waals surface area contributed by atoms with Gasteiger partial charge in [-0.2, -0.15) is 0 Å². The molecule has 108 valence electrons. The number of rotatable bonds is 3. The fourth-order valence-corrected chi connectivity index (χ4v) is 5.83. The van der Waals surface area contributed by atoms with Gasteiger partial charge >= 0.3 is 0 Å². The molecule has 0 saturated carbocycles. The normalized spacial score (nSPS) is 17.6. The smallest absolute Gasteiger partial charge is 0.169 e. The van der Waals surface area contributed by atoms with Gasteiger partial charge < -0.3 is 9.64 Å². The molecule has 6 heteroatoms. The number of amidine groups is 1. The first-order chi connectivity index (χ1) is 10.3. The SMILES string of the molecule is COc1cccc2sc(C3=C(SC)SC4=NCCN43)cc12. The Morgan fingerprint density at radius 1 is 1.38 bits per heavy atom. The van der Waals surface area contributed by atoms with Crippen LogP contribution in [0.1, 0.15) is 4.88 Å². The fourth-order valence-electron chi connectivity index (χ4n) is 2.66. The number of thioether (sulfide) groups is 2. The van der Waals surface area contributed by atoms with Crippen molar-refractivity contribution in [1.82, 2.24) is 4.90 Å². The molecule has 0 fully saturated rings. The van der Waals surface area contributed by atoms with E-state index in [1.54, 1.807) is 18.9 Å². The van der Waals surface area contributed by atoms with Crippen LogP contribution in [-0.2, 0) is 0 Å². The third kappa shape index (κ3) is 2.08. The molecule has 1 aromatic heterocycles. The Balaban J connectivity index is 1.87. The Bertz CT molecular complexity index is 778. The molecule has 0 atom stereocenters. The topological polar surface area (TPSA) is 24.8 Å². The van der Waals surface area contributed by atoms with Crippen LogP contribution in [-0.4, -0.2) is 36.5 Å². The number of nitrogens with zero attached hydrogens (tertiary/aromatic N) is 2. The number of thiophene rings is 1. The first-order valence-electron chi connectivity index (χ1n) is 6.67. The summed E-state index contributed by atoms with van der Waals surface area (Å²) in [5, 5.41) is 2.35. The molecule has 4 rings (SSSR count). The highest BCUT2D eigenvalue weighted by atomic mass is 32.2. The summed E-state index contributed by atoms with van der Waals surface area (Å²) in [4.78, 5) is 8.25. The molecule has 0 bridgehead atoms. The van der Waals surface area contributed by atoms with Crippen LogP contribution in [0.15, 0.2) is 33.5 Å². The number of methoxy groups -OCH3 is 1. The third-order valence-corrected chi connectivity index (χ3v) is 6.94. The van der Waals surface area contributed by atoms with E-state index in [9.17, 15) is 0 Å². The van der Waals surface area contributed by atoms with Gasteiger partial charge in [-0.05, 0) is 36.2 Å². The van der Waals surface area contributed by atoms with Gasteiger partial charge in [0, 0.05) is 16.6 Å². The summed E-state index contributed by atoms with van der Waals surface area (Å²) in [5.41, 5.74) is 1.33. The fraction of sp³-hybridized carbons (Fsp3) is 0.267. The Labute approximate surface area is 136 Å². The minimum atomic E-state index is 0.904. The van der Waals surface area contributed by atoms with Crippen LogP contribution >= 0.6 is 34.9 Å². The number of hydrogen-bond acceptors (Lipinski definition) is 6. The molecule has 0 radical (unpaired) electrons. The molecule has 3 nitrogen and oxygen atoms in total. The average Bonchev–Trinajstić information content (AvgIpc) is 3.18. The van der Waals surface area contributed by atoms with Gasteiger partial charge in [0.05, 0.1) is 28.5 Å². The number of ether oxygens (including phenoxy) is 1. The number of fused-ring (bicyclic) bond motifs is 2. The lowest BCUT2D eigenvalue weighted by Crippen LogP contribution is -2.19. The van der Waals surface area contributed by atoms with Crippen molar-refractivity contribution in [3.8, 4) is 5.75 Å². The van der Waals surface area contributed by atoms with Crippen molar-refractivity contribution in [2.75, 3.05) is 26.5 Å². The van der Waals surface area contributed by atoms with Gasteiger partial charge in [0.2, 0.25) is 0 Å². The van der Waals surface area contributed by atoms with Crippen LogP contribution in [0.2, 0.25) is 0 Å². The zero-order valence-corrected chi connectivity index (χ0v) is 14.2. The van der Waals surface area contributed by atoms with Crippen molar-refractivity contribution in [1.29, 1.82) is 0 Å². The molecule has 21 heavy (non-hydrogen) atoms. The minimum absolute atomic E-state index is 0.904. The summed E-state index contributed by atoms with van der Waals surface area (Å²) in [6.45, 7) is 1.90. The Morgan fingerprint density at radius 3 is 3.10 bits per heavy atom. The first-order valence-corrected chi connectivity index (χ1v) is 9.52. The molecule has 0 aliphatic carbocycles. The summed E-state index contributed by atoms with van der Waals surface area (Å²) in [5.74, 6) is 0.947. The highest BCUT2D eigenvalue weighted by molar-refractivity contribution is 8.30. The summed E-state index contributed by atoms with van der Waals surface area (Å²) in [6, 6.07) is 8.49. The summed E-state index contributed by atoms with van der Waals surface area (Å²) < 4.78 is 8.10. The largest absolute Gasteiger partial charge is 0.496 e. The van der Waals surface area contributed by atoms with E-state index in [0.29, 0.717) is 0 Å². The molecule has 0 amide bonds. The second-order valence-electron chi connectivity index (χ2n) is 4.74. The third-order valence-electron chi connectivity index (χ3n) is 3.61. The monoisotopic (exact) mass is 334 g/mol. The van der Waals surface area contributed by atoms with Gasteiger partial charge in [0.1, 0.15) is 5.75 Å². The maximum Gasteiger partial charge on any atom is 0.169 e. The van der Waals surface area contributed by atoms with Crippen molar-refractivity contribution < 1.29 is 4.74 Å². The van der Waals surface area contributed by atoms with Gasteiger partial charge in [-0.1, -0.05) is 6.07 Å². The van der Waals surface area contributed by atoms with Crippen LogP contribution in [0.3, 0.4) is 0 Å². The molecule has 0 spiro atoms. The van der Waals surface area contributed by atoms with Gasteiger partial charge in [-0.3, -0.25) is 4.99 Å². The standard InChI is InChI=1S/C15H14N2OS3/c1-18-10-4-3-5-11-9(10)8-12(20-11)13-14(19-2)21-15-16-6-7-17(13)15/h3-5,8H,6-7H2,1-2H3. The van der Waals surface area contributed by atoms with E-state index in [4.69, 9.17) is 4.74 Å². The Kier molecular flexibility index (Phi) is 3.40. The number of aliphatic imine (C=N–C) groups is 1. The second-order valence-corrected chi connectivity index (χ2v) is 7.88. The lowest BCUT2D eigenvalue weighted by atomic mass is 10.2. The molecular formula is C15H14N2OS3. The highest BCUT2D eigenvalue weighted by Crippen LogP contribution is 2.49. The van der Waals surface area contributed by atoms with Crippen LogP contribution in [0.5, 0.6) is 5.75 Å². The van der Waals surface area contributed by atoms with Crippen LogP contribution < -0.4 is 4.74 Å². The van der Waals surface area contributed by atoms with Crippen molar-refractivity contribution >= 4 is 55.8 Å². The summed E-state index contributed by atoms with van der Waals surface area (Å²) in [7, 11) is 1.73. The Morgan fingerprint density at radius 2 is 2.29 bits per heavy atom. The van der Waals surface area contributed by atoms with Crippen molar-refractivity contribution in [2.24, 2.45) is 4.99 Å². The molecule has 2 aliphatic rings. The van der Waals surface area contributed by atoms with Crippen molar-refractivity contribution in [3.05, 3.63) is 33.4 Å². The zero-order chi connectivity index (χ0) is 14.4. The molecule has 3 heterocycles. The molecule has 0 saturated heterocycles. The van der Waals surface area contributed by atoms with E-state index in [0.717, 1.165) is 24.0 Å². The maximum atomic E-state index is 5.49. The van der Waals surface area contributed by atoms with Gasteiger partial charge in [-0.25, -0.2) is 0 Å². The number of hydrogen-bond donors (Lipinski definition) is 0. The number of benzene rings is 1. The minimum Gasteiger partial charge on any atom is -0.496 e. The lowest BCUT2D eigenvalue weighted by molar-refractivity contribution is 0.420. The predicted octanol–water partition coefficient (Wildman–Crippen LogP) is 4.32. The molecule has 0 N–H and O–H groups in total.